The minimum Gasteiger partial charge on any atom is -0.383 e. The van der Waals surface area contributed by atoms with Gasteiger partial charge in [0.25, 0.3) is 0 Å². The van der Waals surface area contributed by atoms with Gasteiger partial charge in [-0.25, -0.2) is 0 Å². The third-order valence-electron chi connectivity index (χ3n) is 2.36. The highest BCUT2D eigenvalue weighted by Crippen LogP contribution is 2.11. The van der Waals surface area contributed by atoms with Crippen LogP contribution in [0.4, 0.5) is 0 Å². The number of halogens is 1. The lowest BCUT2D eigenvalue weighted by atomic mass is 10.1. The van der Waals surface area contributed by atoms with E-state index in [2.05, 4.69) is 5.32 Å². The number of hydrogen-bond acceptors (Lipinski definition) is 3. The molecule has 1 rings (SSSR count). The Morgan fingerprint density at radius 2 is 2.43 bits per heavy atom. The van der Waals surface area contributed by atoms with Crippen molar-refractivity contribution in [1.82, 2.24) is 5.32 Å². The standard InChI is InChI=1S/C10H20ClNO2/c1-13-8-9(11)6-12-7-10-4-2-3-5-14-10/h9-10,12H,2-8H2,1H3. The van der Waals surface area contributed by atoms with Gasteiger partial charge in [0, 0.05) is 26.8 Å². The minimum atomic E-state index is 0.0589. The molecule has 1 N–H and O–H groups in total. The highest BCUT2D eigenvalue weighted by molar-refractivity contribution is 6.20. The molecule has 0 bridgehead atoms. The second-order valence-electron chi connectivity index (χ2n) is 3.70. The molecular formula is C10H20ClNO2. The summed E-state index contributed by atoms with van der Waals surface area (Å²) in [4.78, 5) is 0. The molecule has 3 nitrogen and oxygen atoms in total. The fourth-order valence-corrected chi connectivity index (χ4v) is 1.84. The van der Waals surface area contributed by atoms with E-state index in [1.54, 1.807) is 7.11 Å². The van der Waals surface area contributed by atoms with E-state index in [4.69, 9.17) is 21.1 Å². The van der Waals surface area contributed by atoms with Crippen LogP contribution in [-0.4, -0.2) is 44.9 Å². The highest BCUT2D eigenvalue weighted by atomic mass is 35.5. The van der Waals surface area contributed by atoms with E-state index in [0.29, 0.717) is 12.7 Å². The normalized spacial score (nSPS) is 24.9. The molecule has 84 valence electrons. The van der Waals surface area contributed by atoms with Gasteiger partial charge in [0.1, 0.15) is 0 Å². The Balaban J connectivity index is 1.96. The van der Waals surface area contributed by atoms with Crippen molar-refractivity contribution >= 4 is 11.6 Å². The predicted octanol–water partition coefficient (Wildman–Crippen LogP) is 1.40. The molecule has 2 unspecified atom stereocenters. The molecule has 2 atom stereocenters. The quantitative estimate of drug-likeness (QED) is 0.688. The molecular weight excluding hydrogens is 202 g/mol. The predicted molar refractivity (Wildman–Crippen MR) is 58.0 cm³/mol. The SMILES string of the molecule is COCC(Cl)CNCC1CCCCO1. The monoisotopic (exact) mass is 221 g/mol. The average Bonchev–Trinajstić information content (AvgIpc) is 2.20. The summed E-state index contributed by atoms with van der Waals surface area (Å²) in [5, 5.41) is 3.36. The number of alkyl halides is 1. The van der Waals surface area contributed by atoms with Gasteiger partial charge in [-0.2, -0.15) is 0 Å². The van der Waals surface area contributed by atoms with Crippen molar-refractivity contribution in [3.8, 4) is 0 Å². The van der Waals surface area contributed by atoms with Crippen LogP contribution in [0.5, 0.6) is 0 Å². The zero-order valence-electron chi connectivity index (χ0n) is 8.80. The maximum Gasteiger partial charge on any atom is 0.0699 e. The van der Waals surface area contributed by atoms with Crippen molar-refractivity contribution in [2.75, 3.05) is 33.4 Å². The van der Waals surface area contributed by atoms with Gasteiger partial charge in [0.05, 0.1) is 18.1 Å². The fraction of sp³-hybridized carbons (Fsp3) is 1.00. The summed E-state index contributed by atoms with van der Waals surface area (Å²) in [6.45, 7) is 3.21. The Kier molecular flexibility index (Phi) is 6.52. The van der Waals surface area contributed by atoms with Crippen LogP contribution in [0.25, 0.3) is 0 Å². The van der Waals surface area contributed by atoms with E-state index in [9.17, 15) is 0 Å². The lowest BCUT2D eigenvalue weighted by Crippen LogP contribution is -2.35. The molecule has 1 saturated heterocycles. The Morgan fingerprint density at radius 1 is 1.57 bits per heavy atom. The van der Waals surface area contributed by atoms with Crippen molar-refractivity contribution < 1.29 is 9.47 Å². The lowest BCUT2D eigenvalue weighted by Gasteiger charge is -2.23. The molecule has 0 saturated carbocycles. The molecule has 14 heavy (non-hydrogen) atoms. The van der Waals surface area contributed by atoms with Crippen molar-refractivity contribution in [3.63, 3.8) is 0 Å². The van der Waals surface area contributed by atoms with Gasteiger partial charge in [0.15, 0.2) is 0 Å². The van der Waals surface area contributed by atoms with Gasteiger partial charge in [0.2, 0.25) is 0 Å². The van der Waals surface area contributed by atoms with E-state index in [-0.39, 0.29) is 5.38 Å². The molecule has 1 aliphatic rings. The summed E-state index contributed by atoms with van der Waals surface area (Å²) in [7, 11) is 1.67. The first-order valence-electron chi connectivity index (χ1n) is 5.28. The number of nitrogens with one attached hydrogen (secondary N) is 1. The van der Waals surface area contributed by atoms with Crippen molar-refractivity contribution in [2.24, 2.45) is 0 Å². The van der Waals surface area contributed by atoms with Crippen LogP contribution in [-0.2, 0) is 9.47 Å². The van der Waals surface area contributed by atoms with Gasteiger partial charge < -0.3 is 14.8 Å². The summed E-state index contributed by atoms with van der Waals surface area (Å²) in [6.07, 6.45) is 4.05. The zero-order chi connectivity index (χ0) is 10.2. The van der Waals surface area contributed by atoms with Crippen molar-refractivity contribution in [2.45, 2.75) is 30.7 Å². The van der Waals surface area contributed by atoms with Crippen molar-refractivity contribution in [1.29, 1.82) is 0 Å². The number of ether oxygens (including phenoxy) is 2. The van der Waals surface area contributed by atoms with Crippen LogP contribution >= 0.6 is 11.6 Å². The summed E-state index contributed by atoms with van der Waals surface area (Å²) in [5.74, 6) is 0. The number of methoxy groups -OCH3 is 1. The van der Waals surface area contributed by atoms with Crippen LogP contribution in [0.3, 0.4) is 0 Å². The Bertz CT molecular complexity index is 140. The molecule has 0 aliphatic carbocycles. The maximum atomic E-state index is 5.97. The van der Waals surface area contributed by atoms with Crippen LogP contribution in [0, 0.1) is 0 Å². The highest BCUT2D eigenvalue weighted by Gasteiger charge is 2.13. The second kappa shape index (κ2) is 7.46. The van der Waals surface area contributed by atoms with Gasteiger partial charge in [-0.05, 0) is 19.3 Å². The Hall–Kier alpha value is 0.170. The van der Waals surface area contributed by atoms with Crippen LogP contribution < -0.4 is 5.32 Å². The average molecular weight is 222 g/mol. The molecule has 0 amide bonds. The maximum absolute atomic E-state index is 5.97. The van der Waals surface area contributed by atoms with Crippen molar-refractivity contribution in [3.05, 3.63) is 0 Å². The van der Waals surface area contributed by atoms with E-state index < -0.39 is 0 Å². The molecule has 0 aromatic rings. The summed E-state index contributed by atoms with van der Waals surface area (Å²) in [6, 6.07) is 0. The van der Waals surface area contributed by atoms with E-state index >= 15 is 0 Å². The first-order chi connectivity index (χ1) is 6.83. The zero-order valence-corrected chi connectivity index (χ0v) is 9.55. The van der Waals surface area contributed by atoms with Gasteiger partial charge in [-0.15, -0.1) is 11.6 Å². The third kappa shape index (κ3) is 5.15. The first kappa shape index (κ1) is 12.2. The van der Waals surface area contributed by atoms with Crippen LogP contribution in [0.15, 0.2) is 0 Å². The molecule has 1 aliphatic heterocycles. The van der Waals surface area contributed by atoms with E-state index in [0.717, 1.165) is 19.7 Å². The molecule has 0 aromatic heterocycles. The summed E-state index contributed by atoms with van der Waals surface area (Å²) in [5.41, 5.74) is 0. The number of rotatable bonds is 6. The van der Waals surface area contributed by atoms with Gasteiger partial charge >= 0.3 is 0 Å². The third-order valence-corrected chi connectivity index (χ3v) is 2.64. The molecule has 1 heterocycles. The topological polar surface area (TPSA) is 30.5 Å². The molecule has 0 spiro atoms. The lowest BCUT2D eigenvalue weighted by molar-refractivity contribution is 0.0168. The minimum absolute atomic E-state index is 0.0589. The largest absolute Gasteiger partial charge is 0.383 e. The molecule has 1 fully saturated rings. The van der Waals surface area contributed by atoms with Crippen LogP contribution in [0.2, 0.25) is 0 Å². The molecule has 4 heteroatoms. The van der Waals surface area contributed by atoms with E-state index in [1.165, 1.54) is 19.3 Å². The Labute approximate surface area is 91.1 Å². The van der Waals surface area contributed by atoms with E-state index in [1.807, 2.05) is 0 Å². The smallest absolute Gasteiger partial charge is 0.0699 e. The van der Waals surface area contributed by atoms with Gasteiger partial charge in [-0.1, -0.05) is 0 Å². The number of hydrogen-bond donors (Lipinski definition) is 1. The first-order valence-corrected chi connectivity index (χ1v) is 5.72. The van der Waals surface area contributed by atoms with Gasteiger partial charge in [-0.3, -0.25) is 0 Å². The second-order valence-corrected chi connectivity index (χ2v) is 4.32. The molecule has 0 aromatic carbocycles. The fourth-order valence-electron chi connectivity index (χ4n) is 1.61. The summed E-state index contributed by atoms with van der Waals surface area (Å²) < 4.78 is 10.5. The molecule has 0 radical (unpaired) electrons. The van der Waals surface area contributed by atoms with Crippen LogP contribution in [0.1, 0.15) is 19.3 Å². The summed E-state index contributed by atoms with van der Waals surface area (Å²) >= 11 is 5.97. The Morgan fingerprint density at radius 3 is 3.07 bits per heavy atom.